The molecule has 1 aromatic carbocycles. The van der Waals surface area contributed by atoms with Crippen molar-refractivity contribution in [2.24, 2.45) is 0 Å². The van der Waals surface area contributed by atoms with E-state index in [1.165, 1.54) is 0 Å². The van der Waals surface area contributed by atoms with Crippen LogP contribution in [0.1, 0.15) is 25.5 Å². The lowest BCUT2D eigenvalue weighted by molar-refractivity contribution is -0.165. The number of rotatable bonds is 2. The first-order chi connectivity index (χ1) is 7.91. The summed E-state index contributed by atoms with van der Waals surface area (Å²) in [7, 11) is 0. The summed E-state index contributed by atoms with van der Waals surface area (Å²) in [5.74, 6) is -1.98. The van der Waals surface area contributed by atoms with Crippen molar-refractivity contribution in [3.05, 3.63) is 34.9 Å². The second-order valence-corrected chi connectivity index (χ2v) is 4.74. The molecule has 0 spiro atoms. The van der Waals surface area contributed by atoms with Crippen LogP contribution in [0.25, 0.3) is 0 Å². The predicted molar refractivity (Wildman–Crippen MR) is 61.9 cm³/mol. The molecule has 4 nitrogen and oxygen atoms in total. The van der Waals surface area contributed by atoms with Crippen LogP contribution >= 0.6 is 11.6 Å². The van der Waals surface area contributed by atoms with E-state index in [4.69, 9.17) is 26.2 Å². The maximum atomic E-state index is 11.1. The fourth-order valence-corrected chi connectivity index (χ4v) is 2.12. The number of carboxylic acids is 1. The van der Waals surface area contributed by atoms with Gasteiger partial charge >= 0.3 is 5.97 Å². The number of carboxylic acid groups (broad SMARTS) is 1. The Morgan fingerprint density at radius 3 is 2.59 bits per heavy atom. The summed E-state index contributed by atoms with van der Waals surface area (Å²) >= 11 is 6.04. The molecule has 5 heteroatoms. The maximum absolute atomic E-state index is 11.1. The van der Waals surface area contributed by atoms with E-state index in [0.717, 1.165) is 0 Å². The lowest BCUT2D eigenvalue weighted by Gasteiger charge is -2.17. The fraction of sp³-hybridized carbons (Fsp3) is 0.417. The lowest BCUT2D eigenvalue weighted by Crippen LogP contribution is -2.27. The third-order valence-corrected chi connectivity index (χ3v) is 2.90. The zero-order valence-corrected chi connectivity index (χ0v) is 10.3. The van der Waals surface area contributed by atoms with Crippen LogP contribution < -0.4 is 0 Å². The Hall–Kier alpha value is -1.10. The minimum Gasteiger partial charge on any atom is -0.479 e. The zero-order valence-electron chi connectivity index (χ0n) is 9.51. The number of benzene rings is 1. The molecule has 1 N–H and O–H groups in total. The normalized spacial score (nSPS) is 27.0. The van der Waals surface area contributed by atoms with Crippen LogP contribution in [0.15, 0.2) is 24.3 Å². The second kappa shape index (κ2) is 4.29. The van der Waals surface area contributed by atoms with E-state index in [2.05, 4.69) is 0 Å². The van der Waals surface area contributed by atoms with Crippen molar-refractivity contribution >= 4 is 17.6 Å². The summed E-state index contributed by atoms with van der Waals surface area (Å²) in [5, 5.41) is 9.60. The Morgan fingerprint density at radius 1 is 1.35 bits per heavy atom. The van der Waals surface area contributed by atoms with Crippen molar-refractivity contribution in [1.29, 1.82) is 0 Å². The summed E-state index contributed by atoms with van der Waals surface area (Å²) in [5.41, 5.74) is 0.632. The Bertz CT molecular complexity index is 444. The molecule has 1 fully saturated rings. The van der Waals surface area contributed by atoms with Crippen molar-refractivity contribution < 1.29 is 19.4 Å². The lowest BCUT2D eigenvalue weighted by atomic mass is 10.0. The third-order valence-electron chi connectivity index (χ3n) is 2.55. The van der Waals surface area contributed by atoms with E-state index in [1.54, 1.807) is 38.1 Å². The maximum Gasteiger partial charge on any atom is 0.336 e. The predicted octanol–water partition coefficient (Wildman–Crippen LogP) is 2.62. The van der Waals surface area contributed by atoms with Crippen LogP contribution in [0.4, 0.5) is 0 Å². The average Bonchev–Trinajstić information content (AvgIpc) is 2.55. The van der Waals surface area contributed by atoms with Crippen LogP contribution in [0.3, 0.4) is 0 Å². The number of hydrogen-bond acceptors (Lipinski definition) is 3. The number of hydrogen-bond donors (Lipinski definition) is 1. The van der Waals surface area contributed by atoms with Crippen molar-refractivity contribution in [2.75, 3.05) is 0 Å². The van der Waals surface area contributed by atoms with E-state index in [0.29, 0.717) is 10.6 Å². The highest BCUT2D eigenvalue weighted by molar-refractivity contribution is 6.31. The van der Waals surface area contributed by atoms with Gasteiger partial charge < -0.3 is 14.6 Å². The summed E-state index contributed by atoms with van der Waals surface area (Å²) in [6.45, 7) is 3.36. The minimum atomic E-state index is -1.06. The number of carbonyl (C=O) groups is 1. The van der Waals surface area contributed by atoms with Gasteiger partial charge in [-0.05, 0) is 19.9 Å². The molecule has 0 bridgehead atoms. The van der Waals surface area contributed by atoms with Gasteiger partial charge in [-0.3, -0.25) is 0 Å². The number of ether oxygens (including phenoxy) is 2. The summed E-state index contributed by atoms with van der Waals surface area (Å²) in [6.07, 6.45) is -1.72. The second-order valence-electron chi connectivity index (χ2n) is 4.34. The van der Waals surface area contributed by atoms with Crippen molar-refractivity contribution in [2.45, 2.75) is 31.8 Å². The van der Waals surface area contributed by atoms with E-state index >= 15 is 0 Å². The van der Waals surface area contributed by atoms with Crippen molar-refractivity contribution in [3.8, 4) is 0 Å². The molecule has 0 saturated carbocycles. The molecule has 2 atom stereocenters. The SMILES string of the molecule is CC1(C)O[C@H](C(=O)O)[C@@H](c2ccccc2Cl)O1. The highest BCUT2D eigenvalue weighted by Gasteiger charge is 2.46. The van der Waals surface area contributed by atoms with Crippen LogP contribution in [-0.4, -0.2) is 23.0 Å². The average molecular weight is 257 g/mol. The minimum absolute atomic E-state index is 0.477. The Morgan fingerprint density at radius 2 is 2.00 bits per heavy atom. The standard InChI is InChI=1S/C12H13ClO4/c1-12(2)16-9(10(17-12)11(14)15)7-5-3-4-6-8(7)13/h3-6,9-10H,1-2H3,(H,14,15)/t9-,10+/m1/s1. The van der Waals surface area contributed by atoms with E-state index in [1.807, 2.05) is 0 Å². The van der Waals surface area contributed by atoms with Gasteiger partial charge in [0.05, 0.1) is 0 Å². The van der Waals surface area contributed by atoms with Gasteiger partial charge in [0.15, 0.2) is 11.9 Å². The molecular formula is C12H13ClO4. The number of aliphatic carboxylic acids is 1. The molecular weight excluding hydrogens is 244 g/mol. The first kappa shape index (κ1) is 12.4. The summed E-state index contributed by atoms with van der Waals surface area (Å²) < 4.78 is 11.0. The monoisotopic (exact) mass is 256 g/mol. The zero-order chi connectivity index (χ0) is 12.6. The van der Waals surface area contributed by atoms with Crippen LogP contribution in [0.2, 0.25) is 5.02 Å². The third kappa shape index (κ3) is 2.44. The highest BCUT2D eigenvalue weighted by Crippen LogP contribution is 2.40. The number of halogens is 1. The van der Waals surface area contributed by atoms with Crippen LogP contribution in [0, 0.1) is 0 Å². The molecule has 0 amide bonds. The smallest absolute Gasteiger partial charge is 0.336 e. The van der Waals surface area contributed by atoms with E-state index in [-0.39, 0.29) is 0 Å². The highest BCUT2D eigenvalue weighted by atomic mass is 35.5. The molecule has 2 rings (SSSR count). The molecule has 0 aromatic heterocycles. The first-order valence-corrected chi connectivity index (χ1v) is 5.61. The molecule has 1 saturated heterocycles. The summed E-state index contributed by atoms with van der Waals surface area (Å²) in [4.78, 5) is 11.1. The van der Waals surface area contributed by atoms with E-state index in [9.17, 15) is 4.79 Å². The Balaban J connectivity index is 2.37. The van der Waals surface area contributed by atoms with Gasteiger partial charge in [-0.15, -0.1) is 0 Å². The topological polar surface area (TPSA) is 55.8 Å². The molecule has 0 aliphatic carbocycles. The summed E-state index contributed by atoms with van der Waals surface area (Å²) in [6, 6.07) is 7.01. The molecule has 1 aliphatic rings. The van der Waals surface area contributed by atoms with Crippen LogP contribution in [-0.2, 0) is 14.3 Å². The largest absolute Gasteiger partial charge is 0.479 e. The van der Waals surface area contributed by atoms with Gasteiger partial charge in [0.25, 0.3) is 0 Å². The molecule has 92 valence electrons. The van der Waals surface area contributed by atoms with Gasteiger partial charge in [0.1, 0.15) is 6.10 Å². The van der Waals surface area contributed by atoms with Gasteiger partial charge in [-0.25, -0.2) is 4.79 Å². The van der Waals surface area contributed by atoms with Gasteiger partial charge in [-0.2, -0.15) is 0 Å². The van der Waals surface area contributed by atoms with Gasteiger partial charge in [-0.1, -0.05) is 29.8 Å². The Kier molecular flexibility index (Phi) is 3.12. The Labute approximate surface area is 104 Å². The van der Waals surface area contributed by atoms with Gasteiger partial charge in [0.2, 0.25) is 0 Å². The van der Waals surface area contributed by atoms with Gasteiger partial charge in [0, 0.05) is 10.6 Å². The first-order valence-electron chi connectivity index (χ1n) is 5.23. The van der Waals surface area contributed by atoms with Crippen LogP contribution in [0.5, 0.6) is 0 Å². The molecule has 0 radical (unpaired) electrons. The molecule has 1 heterocycles. The van der Waals surface area contributed by atoms with E-state index < -0.39 is 24.0 Å². The molecule has 17 heavy (non-hydrogen) atoms. The fourth-order valence-electron chi connectivity index (χ4n) is 1.88. The molecule has 0 unspecified atom stereocenters. The molecule has 1 aromatic rings. The quantitative estimate of drug-likeness (QED) is 0.884. The molecule has 1 aliphatic heterocycles. The van der Waals surface area contributed by atoms with Crippen molar-refractivity contribution in [3.63, 3.8) is 0 Å². The van der Waals surface area contributed by atoms with Crippen molar-refractivity contribution in [1.82, 2.24) is 0 Å².